The summed E-state index contributed by atoms with van der Waals surface area (Å²) in [5, 5.41) is 3.20. The van der Waals surface area contributed by atoms with E-state index in [0.717, 1.165) is 24.1 Å². The van der Waals surface area contributed by atoms with Crippen molar-refractivity contribution in [3.8, 4) is 11.4 Å². The largest absolute Gasteiger partial charge is 0.345 e. The van der Waals surface area contributed by atoms with E-state index in [4.69, 9.17) is 0 Å². The number of aryl methyl sites for hydroxylation is 1. The normalized spacial score (nSPS) is 11.9. The summed E-state index contributed by atoms with van der Waals surface area (Å²) in [4.78, 5) is 24.6. The van der Waals surface area contributed by atoms with E-state index in [9.17, 15) is 4.79 Å². The topological polar surface area (TPSA) is 75.6 Å². The van der Waals surface area contributed by atoms with Crippen molar-refractivity contribution in [3.05, 3.63) is 96.8 Å². The molecular formula is C22H21N5O. The molecule has 6 heteroatoms. The van der Waals surface area contributed by atoms with E-state index in [0.29, 0.717) is 11.4 Å². The van der Waals surface area contributed by atoms with Gasteiger partial charge in [-0.3, -0.25) is 4.79 Å². The van der Waals surface area contributed by atoms with E-state index in [1.165, 1.54) is 0 Å². The minimum atomic E-state index is -0.119. The Labute approximate surface area is 163 Å². The Bertz CT molecular complexity index is 1010. The van der Waals surface area contributed by atoms with Gasteiger partial charge in [-0.05, 0) is 18.1 Å². The van der Waals surface area contributed by atoms with Gasteiger partial charge in [-0.15, -0.1) is 0 Å². The molecule has 6 nitrogen and oxygen atoms in total. The first-order valence-corrected chi connectivity index (χ1v) is 9.21. The second-order valence-electron chi connectivity index (χ2n) is 6.51. The highest BCUT2D eigenvalue weighted by Gasteiger charge is 2.19. The lowest BCUT2D eigenvalue weighted by atomic mass is 10.0. The van der Waals surface area contributed by atoms with Crippen LogP contribution in [0, 0.1) is 0 Å². The van der Waals surface area contributed by atoms with Gasteiger partial charge in [0.15, 0.2) is 0 Å². The molecule has 4 aromatic rings. The van der Waals surface area contributed by atoms with E-state index in [1.54, 1.807) is 24.9 Å². The molecule has 0 aliphatic rings. The number of carbonyl (C=O) groups excluding carboxylic acids is 1. The van der Waals surface area contributed by atoms with Gasteiger partial charge in [0.1, 0.15) is 5.82 Å². The highest BCUT2D eigenvalue weighted by atomic mass is 16.1. The third-order valence-corrected chi connectivity index (χ3v) is 4.67. The summed E-state index contributed by atoms with van der Waals surface area (Å²) >= 11 is 0. The molecule has 0 aliphatic carbocycles. The molecule has 2 heterocycles. The van der Waals surface area contributed by atoms with Crippen LogP contribution in [-0.4, -0.2) is 25.4 Å². The van der Waals surface area contributed by atoms with Crippen molar-refractivity contribution >= 4 is 5.91 Å². The fourth-order valence-electron chi connectivity index (χ4n) is 3.24. The predicted molar refractivity (Wildman–Crippen MR) is 108 cm³/mol. The molecule has 4 rings (SSSR count). The minimum absolute atomic E-state index is 0.110. The van der Waals surface area contributed by atoms with Gasteiger partial charge in [-0.2, -0.15) is 0 Å². The molecule has 0 saturated carbocycles. The zero-order valence-electron chi connectivity index (χ0n) is 15.3. The van der Waals surface area contributed by atoms with Gasteiger partial charge in [-0.25, -0.2) is 9.97 Å². The smallest absolute Gasteiger partial charge is 0.252 e. The second kappa shape index (κ2) is 8.35. The molecule has 2 aromatic heterocycles. The van der Waals surface area contributed by atoms with Crippen LogP contribution < -0.4 is 5.32 Å². The summed E-state index contributed by atoms with van der Waals surface area (Å²) in [7, 11) is 0. The molecule has 140 valence electrons. The molecule has 0 unspecified atom stereocenters. The van der Waals surface area contributed by atoms with E-state index >= 15 is 0 Å². The number of hydrogen-bond acceptors (Lipinski definition) is 3. The summed E-state index contributed by atoms with van der Waals surface area (Å²) in [6.45, 7) is 0.764. The number of hydrogen-bond donors (Lipinski definition) is 2. The summed E-state index contributed by atoms with van der Waals surface area (Å²) < 4.78 is 2.01. The van der Waals surface area contributed by atoms with Crippen molar-refractivity contribution < 1.29 is 4.79 Å². The van der Waals surface area contributed by atoms with Crippen molar-refractivity contribution in [3.63, 3.8) is 0 Å². The highest BCUT2D eigenvalue weighted by Crippen LogP contribution is 2.23. The van der Waals surface area contributed by atoms with Crippen LogP contribution in [0.5, 0.6) is 0 Å². The monoisotopic (exact) mass is 371 g/mol. The van der Waals surface area contributed by atoms with Crippen molar-refractivity contribution in [2.75, 3.05) is 0 Å². The Balaban J connectivity index is 1.57. The zero-order chi connectivity index (χ0) is 19.2. The van der Waals surface area contributed by atoms with Crippen molar-refractivity contribution in [2.45, 2.75) is 19.0 Å². The number of aromatic amines is 1. The summed E-state index contributed by atoms with van der Waals surface area (Å²) in [6.07, 6.45) is 9.67. The third-order valence-electron chi connectivity index (χ3n) is 4.67. The van der Waals surface area contributed by atoms with E-state index in [-0.39, 0.29) is 11.9 Å². The molecule has 1 atom stereocenters. The second-order valence-corrected chi connectivity index (χ2v) is 6.51. The number of nitrogens with zero attached hydrogens (tertiary/aromatic N) is 3. The van der Waals surface area contributed by atoms with Crippen molar-refractivity contribution in [2.24, 2.45) is 0 Å². The lowest BCUT2D eigenvalue weighted by molar-refractivity contribution is 0.0934. The average Bonchev–Trinajstić information content (AvgIpc) is 3.46. The maximum Gasteiger partial charge on any atom is 0.252 e. The first-order chi connectivity index (χ1) is 13.8. The molecule has 0 saturated heterocycles. The summed E-state index contributed by atoms with van der Waals surface area (Å²) in [6, 6.07) is 17.4. The molecule has 0 aliphatic heterocycles. The fourth-order valence-corrected chi connectivity index (χ4v) is 3.24. The molecule has 0 spiro atoms. The number of rotatable bonds is 7. The molecule has 28 heavy (non-hydrogen) atoms. The molecule has 2 aromatic carbocycles. The number of benzene rings is 2. The summed E-state index contributed by atoms with van der Waals surface area (Å²) in [5.41, 5.74) is 2.46. The van der Waals surface area contributed by atoms with Gasteiger partial charge >= 0.3 is 0 Å². The zero-order valence-corrected chi connectivity index (χ0v) is 15.3. The molecule has 0 radical (unpaired) electrons. The number of aromatic nitrogens is 4. The Morgan fingerprint density at radius 1 is 1.07 bits per heavy atom. The van der Waals surface area contributed by atoms with Crippen LogP contribution in [0.3, 0.4) is 0 Å². The number of imidazole rings is 2. The Kier molecular flexibility index (Phi) is 5.29. The van der Waals surface area contributed by atoms with Gasteiger partial charge in [0.05, 0.1) is 17.9 Å². The van der Waals surface area contributed by atoms with Gasteiger partial charge in [0.25, 0.3) is 5.91 Å². The lowest BCUT2D eigenvalue weighted by Crippen LogP contribution is -2.29. The maximum atomic E-state index is 13.1. The van der Waals surface area contributed by atoms with Crippen LogP contribution >= 0.6 is 0 Å². The molecule has 0 fully saturated rings. The number of carbonyl (C=O) groups is 1. The van der Waals surface area contributed by atoms with E-state index < -0.39 is 0 Å². The number of H-pyrrole nitrogens is 1. The molecule has 1 amide bonds. The van der Waals surface area contributed by atoms with E-state index in [1.807, 2.05) is 65.4 Å². The first kappa shape index (κ1) is 17.7. The van der Waals surface area contributed by atoms with Crippen LogP contribution in [0.2, 0.25) is 0 Å². The van der Waals surface area contributed by atoms with Crippen LogP contribution in [0.1, 0.15) is 28.4 Å². The first-order valence-electron chi connectivity index (χ1n) is 9.21. The third kappa shape index (κ3) is 4.01. The predicted octanol–water partition coefficient (Wildman–Crippen LogP) is 3.83. The van der Waals surface area contributed by atoms with Gasteiger partial charge in [0, 0.05) is 36.9 Å². The van der Waals surface area contributed by atoms with Gasteiger partial charge in [0.2, 0.25) is 0 Å². The van der Waals surface area contributed by atoms with Crippen LogP contribution in [-0.2, 0) is 6.54 Å². The summed E-state index contributed by atoms with van der Waals surface area (Å²) in [5.74, 6) is 0.562. The Morgan fingerprint density at radius 3 is 2.64 bits per heavy atom. The molecule has 0 bridgehead atoms. The maximum absolute atomic E-state index is 13.1. The number of nitrogens with one attached hydrogen (secondary N) is 2. The average molecular weight is 371 g/mol. The molecular weight excluding hydrogens is 350 g/mol. The fraction of sp³-hybridized carbons (Fsp3) is 0.136. The van der Waals surface area contributed by atoms with Gasteiger partial charge in [-0.1, -0.05) is 48.5 Å². The lowest BCUT2D eigenvalue weighted by Gasteiger charge is -2.20. The Morgan fingerprint density at radius 2 is 1.89 bits per heavy atom. The van der Waals surface area contributed by atoms with Crippen LogP contribution in [0.25, 0.3) is 11.4 Å². The highest BCUT2D eigenvalue weighted by molar-refractivity contribution is 6.00. The van der Waals surface area contributed by atoms with Crippen molar-refractivity contribution in [1.29, 1.82) is 0 Å². The standard InChI is InChI=1S/C22H21N5O/c28-22(19-9-5-4-8-18(19)21-24-11-12-25-21)26-20(17-6-2-1-3-7-17)10-14-27-15-13-23-16-27/h1-9,11-13,15-16,20H,10,14H2,(H,24,25)(H,26,28)/t20-/m0/s1. The van der Waals surface area contributed by atoms with E-state index in [2.05, 4.69) is 20.3 Å². The number of amides is 1. The van der Waals surface area contributed by atoms with Crippen LogP contribution in [0.4, 0.5) is 0 Å². The molecule has 2 N–H and O–H groups in total. The van der Waals surface area contributed by atoms with Crippen LogP contribution in [0.15, 0.2) is 85.7 Å². The Hall–Kier alpha value is -3.67. The van der Waals surface area contributed by atoms with Gasteiger partial charge < -0.3 is 14.9 Å². The quantitative estimate of drug-likeness (QED) is 0.518. The SMILES string of the molecule is O=C(N[C@@H](CCn1ccnc1)c1ccccc1)c1ccccc1-c1ncc[nH]1. The van der Waals surface area contributed by atoms with Crippen molar-refractivity contribution in [1.82, 2.24) is 24.8 Å². The minimum Gasteiger partial charge on any atom is -0.345 e.